The number of fused-ring (bicyclic) bond motifs is 1. The smallest absolute Gasteiger partial charge is 0.269 e. The van der Waals surface area contributed by atoms with Gasteiger partial charge >= 0.3 is 0 Å². The van der Waals surface area contributed by atoms with Crippen LogP contribution in [0.15, 0.2) is 58.6 Å². The molecule has 0 saturated carbocycles. The molecule has 3 N–H and O–H groups in total. The minimum Gasteiger partial charge on any atom is -0.497 e. The highest BCUT2D eigenvalue weighted by Crippen LogP contribution is 2.30. The maximum absolute atomic E-state index is 13.2. The second-order valence-electron chi connectivity index (χ2n) is 7.04. The average molecular weight is 454 g/mol. The van der Waals surface area contributed by atoms with E-state index >= 15 is 0 Å². The fourth-order valence-corrected chi connectivity index (χ4v) is 4.13. The van der Waals surface area contributed by atoms with Gasteiger partial charge in [-0.05, 0) is 36.8 Å². The predicted molar refractivity (Wildman–Crippen MR) is 124 cm³/mol. The minimum atomic E-state index is -0.943. The Hall–Kier alpha value is -3.50. The van der Waals surface area contributed by atoms with Gasteiger partial charge in [-0.25, -0.2) is 4.98 Å². The molecule has 0 aliphatic carbocycles. The molecule has 2 aromatic heterocycles. The number of rotatable bonds is 8. The number of nitrogens with one attached hydrogen (secondary N) is 2. The lowest BCUT2D eigenvalue weighted by atomic mass is 10.2. The SMILES string of the molecule is COc1ccc(OC)c(NC(O)CSc2nc3[nH]ncc3c(=O)n2-c2cccc(C)c2)c1. The number of ether oxygens (including phenoxy) is 2. The molecule has 1 unspecified atom stereocenters. The van der Waals surface area contributed by atoms with E-state index in [0.717, 1.165) is 5.56 Å². The van der Waals surface area contributed by atoms with Crippen LogP contribution in [0.1, 0.15) is 5.56 Å². The molecular weight excluding hydrogens is 430 g/mol. The molecule has 10 heteroatoms. The summed E-state index contributed by atoms with van der Waals surface area (Å²) in [6, 6.07) is 12.9. The van der Waals surface area contributed by atoms with Gasteiger partial charge in [0.1, 0.15) is 23.1 Å². The average Bonchev–Trinajstić information content (AvgIpc) is 3.26. The van der Waals surface area contributed by atoms with Crippen LogP contribution in [0.5, 0.6) is 11.5 Å². The van der Waals surface area contributed by atoms with E-state index in [0.29, 0.717) is 39.1 Å². The van der Waals surface area contributed by atoms with Crippen molar-refractivity contribution in [2.75, 3.05) is 25.3 Å². The number of anilines is 1. The molecule has 0 saturated heterocycles. The van der Waals surface area contributed by atoms with Gasteiger partial charge in [-0.3, -0.25) is 14.5 Å². The third-order valence-electron chi connectivity index (χ3n) is 4.81. The zero-order valence-corrected chi connectivity index (χ0v) is 18.6. The van der Waals surface area contributed by atoms with Crippen molar-refractivity contribution in [3.8, 4) is 17.2 Å². The van der Waals surface area contributed by atoms with Gasteiger partial charge in [0.15, 0.2) is 10.8 Å². The van der Waals surface area contributed by atoms with E-state index in [1.807, 2.05) is 31.2 Å². The number of aliphatic hydroxyl groups excluding tert-OH is 1. The summed E-state index contributed by atoms with van der Waals surface area (Å²) >= 11 is 1.25. The fraction of sp³-hybridized carbons (Fsp3) is 0.227. The van der Waals surface area contributed by atoms with Crippen molar-refractivity contribution in [2.24, 2.45) is 0 Å². The minimum absolute atomic E-state index is 0.220. The van der Waals surface area contributed by atoms with Gasteiger partial charge < -0.3 is 19.9 Å². The van der Waals surface area contributed by atoms with Crippen molar-refractivity contribution in [3.05, 3.63) is 64.6 Å². The molecule has 166 valence electrons. The van der Waals surface area contributed by atoms with Crippen LogP contribution in [-0.4, -0.2) is 51.1 Å². The lowest BCUT2D eigenvalue weighted by molar-refractivity contribution is 0.228. The summed E-state index contributed by atoms with van der Waals surface area (Å²) in [6.07, 6.45) is 0.526. The molecule has 0 amide bonds. The number of aromatic nitrogens is 4. The van der Waals surface area contributed by atoms with Crippen LogP contribution in [0.25, 0.3) is 16.7 Å². The van der Waals surface area contributed by atoms with Gasteiger partial charge in [0, 0.05) is 11.8 Å². The highest BCUT2D eigenvalue weighted by Gasteiger charge is 2.17. The van der Waals surface area contributed by atoms with Crippen LogP contribution >= 0.6 is 11.8 Å². The first-order valence-electron chi connectivity index (χ1n) is 9.82. The Balaban J connectivity index is 1.62. The molecule has 1 atom stereocenters. The lowest BCUT2D eigenvalue weighted by Crippen LogP contribution is -2.25. The van der Waals surface area contributed by atoms with E-state index in [2.05, 4.69) is 20.5 Å². The number of aliphatic hydroxyl groups is 1. The third kappa shape index (κ3) is 4.41. The topological polar surface area (TPSA) is 114 Å². The molecular formula is C22H23N5O4S. The molecule has 0 fully saturated rings. The van der Waals surface area contributed by atoms with Gasteiger partial charge in [-0.2, -0.15) is 5.10 Å². The number of hydrogen-bond donors (Lipinski definition) is 3. The van der Waals surface area contributed by atoms with E-state index in [9.17, 15) is 9.90 Å². The van der Waals surface area contributed by atoms with E-state index < -0.39 is 6.23 Å². The number of aromatic amines is 1. The Morgan fingerprint density at radius 2 is 2.06 bits per heavy atom. The molecule has 2 heterocycles. The predicted octanol–water partition coefficient (Wildman–Crippen LogP) is 2.96. The Morgan fingerprint density at radius 1 is 1.22 bits per heavy atom. The van der Waals surface area contributed by atoms with Gasteiger partial charge in [0.25, 0.3) is 5.56 Å². The van der Waals surface area contributed by atoms with Gasteiger partial charge in [0.2, 0.25) is 0 Å². The maximum Gasteiger partial charge on any atom is 0.269 e. The molecule has 0 spiro atoms. The van der Waals surface area contributed by atoms with Crippen LogP contribution in [0.4, 0.5) is 5.69 Å². The Kier molecular flexibility index (Phi) is 6.33. The highest BCUT2D eigenvalue weighted by molar-refractivity contribution is 7.99. The first-order chi connectivity index (χ1) is 15.5. The zero-order valence-electron chi connectivity index (χ0n) is 17.8. The molecule has 32 heavy (non-hydrogen) atoms. The Morgan fingerprint density at radius 3 is 2.81 bits per heavy atom. The molecule has 4 rings (SSSR count). The largest absolute Gasteiger partial charge is 0.497 e. The molecule has 0 aliphatic rings. The molecule has 0 radical (unpaired) electrons. The van der Waals surface area contributed by atoms with Crippen LogP contribution in [0.3, 0.4) is 0 Å². The first-order valence-corrected chi connectivity index (χ1v) is 10.8. The lowest BCUT2D eigenvalue weighted by Gasteiger charge is -2.18. The summed E-state index contributed by atoms with van der Waals surface area (Å²) in [6.45, 7) is 1.96. The first kappa shape index (κ1) is 21.7. The van der Waals surface area contributed by atoms with Crippen molar-refractivity contribution < 1.29 is 14.6 Å². The second-order valence-corrected chi connectivity index (χ2v) is 8.03. The summed E-state index contributed by atoms with van der Waals surface area (Å²) in [7, 11) is 3.12. The van der Waals surface area contributed by atoms with Crippen molar-refractivity contribution in [2.45, 2.75) is 18.3 Å². The van der Waals surface area contributed by atoms with Gasteiger partial charge in [-0.1, -0.05) is 23.9 Å². The van der Waals surface area contributed by atoms with Crippen LogP contribution in [0, 0.1) is 6.92 Å². The number of benzene rings is 2. The summed E-state index contributed by atoms with van der Waals surface area (Å²) in [5.74, 6) is 1.43. The van der Waals surface area contributed by atoms with Crippen molar-refractivity contribution >= 4 is 28.5 Å². The number of hydrogen-bond acceptors (Lipinski definition) is 8. The normalized spacial score (nSPS) is 12.0. The van der Waals surface area contributed by atoms with Gasteiger partial charge in [-0.15, -0.1) is 0 Å². The van der Waals surface area contributed by atoms with E-state index in [1.54, 1.807) is 32.4 Å². The number of H-pyrrole nitrogens is 1. The zero-order chi connectivity index (χ0) is 22.7. The third-order valence-corrected chi connectivity index (χ3v) is 5.82. The fourth-order valence-electron chi connectivity index (χ4n) is 3.27. The summed E-state index contributed by atoms with van der Waals surface area (Å²) in [5, 5.41) is 21.2. The molecule has 0 bridgehead atoms. The van der Waals surface area contributed by atoms with Crippen molar-refractivity contribution in [3.63, 3.8) is 0 Å². The van der Waals surface area contributed by atoms with Gasteiger partial charge in [0.05, 0.1) is 31.8 Å². The molecule has 0 aliphatic heterocycles. The Bertz CT molecular complexity index is 1300. The van der Waals surface area contributed by atoms with E-state index in [4.69, 9.17) is 9.47 Å². The molecule has 9 nitrogen and oxygen atoms in total. The van der Waals surface area contributed by atoms with Crippen molar-refractivity contribution in [1.29, 1.82) is 0 Å². The maximum atomic E-state index is 13.2. The monoisotopic (exact) mass is 453 g/mol. The standard InChI is InChI=1S/C22H23N5O4S/c1-13-5-4-6-14(9-13)27-21(29)16-11-23-26-20(16)25-22(27)32-12-19(28)24-17-10-15(30-2)7-8-18(17)31-3/h4-11,19,24,28H,12H2,1-3H3,(H,23,26). The Labute approximate surface area is 188 Å². The van der Waals surface area contributed by atoms with Crippen molar-refractivity contribution in [1.82, 2.24) is 19.7 Å². The van der Waals surface area contributed by atoms with E-state index in [-0.39, 0.29) is 11.3 Å². The number of nitrogens with zero attached hydrogens (tertiary/aromatic N) is 3. The van der Waals surface area contributed by atoms with Crippen LogP contribution in [0.2, 0.25) is 0 Å². The number of methoxy groups -OCH3 is 2. The summed E-state index contributed by atoms with van der Waals surface area (Å²) < 4.78 is 12.1. The second kappa shape index (κ2) is 9.33. The number of thioether (sulfide) groups is 1. The highest BCUT2D eigenvalue weighted by atomic mass is 32.2. The molecule has 4 aromatic rings. The summed E-state index contributed by atoms with van der Waals surface area (Å²) in [4.78, 5) is 17.7. The van der Waals surface area contributed by atoms with Crippen LogP contribution < -0.4 is 20.3 Å². The molecule has 2 aromatic carbocycles. The summed E-state index contributed by atoms with van der Waals surface area (Å²) in [5.41, 5.74) is 2.48. The van der Waals surface area contributed by atoms with Crippen LogP contribution in [-0.2, 0) is 0 Å². The quantitative estimate of drug-likeness (QED) is 0.212. The number of aryl methyl sites for hydroxylation is 1. The van der Waals surface area contributed by atoms with E-state index in [1.165, 1.54) is 22.5 Å².